The average Bonchev–Trinajstić information content (AvgIpc) is 2.98. The van der Waals surface area contributed by atoms with Gasteiger partial charge in [-0.2, -0.15) is 0 Å². The van der Waals surface area contributed by atoms with Crippen LogP contribution in [-0.4, -0.2) is 43.1 Å². The van der Waals surface area contributed by atoms with E-state index in [4.69, 9.17) is 4.74 Å². The molecule has 1 N–H and O–H groups in total. The monoisotopic (exact) mass is 282 g/mol. The smallest absolute Gasteiger partial charge is 0.409 e. The zero-order valence-electron chi connectivity index (χ0n) is 10.9. The summed E-state index contributed by atoms with van der Waals surface area (Å²) in [4.78, 5) is 25.6. The number of nitrogens with one attached hydrogen (secondary N) is 1. The van der Waals surface area contributed by atoms with E-state index >= 15 is 0 Å². The molecule has 1 saturated heterocycles. The number of carbonyl (C=O) groups is 2. The molecule has 1 aromatic heterocycles. The maximum atomic E-state index is 11.6. The maximum absolute atomic E-state index is 11.6. The van der Waals surface area contributed by atoms with Gasteiger partial charge in [-0.1, -0.05) is 6.07 Å². The summed E-state index contributed by atoms with van der Waals surface area (Å²) >= 11 is 1.69. The van der Waals surface area contributed by atoms with Gasteiger partial charge in [0, 0.05) is 24.9 Å². The molecule has 1 atom stereocenters. The highest BCUT2D eigenvalue weighted by molar-refractivity contribution is 7.09. The van der Waals surface area contributed by atoms with Gasteiger partial charge < -0.3 is 15.0 Å². The molecule has 1 fully saturated rings. The van der Waals surface area contributed by atoms with Crippen molar-refractivity contribution in [1.29, 1.82) is 0 Å². The van der Waals surface area contributed by atoms with E-state index in [0.717, 1.165) is 6.42 Å². The molecular weight excluding hydrogens is 264 g/mol. The van der Waals surface area contributed by atoms with E-state index in [9.17, 15) is 9.59 Å². The van der Waals surface area contributed by atoms with Gasteiger partial charge in [-0.25, -0.2) is 4.79 Å². The van der Waals surface area contributed by atoms with E-state index in [0.29, 0.717) is 25.9 Å². The number of ether oxygens (including phenoxy) is 1. The molecule has 0 aliphatic carbocycles. The first-order valence-corrected chi connectivity index (χ1v) is 7.24. The van der Waals surface area contributed by atoms with Crippen LogP contribution in [0, 0.1) is 0 Å². The number of nitrogens with zero attached hydrogens (tertiary/aromatic N) is 1. The summed E-state index contributed by atoms with van der Waals surface area (Å²) in [6, 6.07) is 4.07. The van der Waals surface area contributed by atoms with Gasteiger partial charge >= 0.3 is 6.09 Å². The first kappa shape index (κ1) is 13.9. The largest absolute Gasteiger partial charge is 0.444 e. The molecule has 1 unspecified atom stereocenters. The number of rotatable bonds is 6. The minimum Gasteiger partial charge on any atom is -0.444 e. The van der Waals surface area contributed by atoms with Crippen LogP contribution in [0.2, 0.25) is 0 Å². The third kappa shape index (κ3) is 4.24. The minimum atomic E-state index is -0.303. The molecule has 2 heterocycles. The van der Waals surface area contributed by atoms with Crippen LogP contribution in [0.5, 0.6) is 0 Å². The standard InChI is InChI=1S/C13H18N2O3S/c1-15-9-10(18-13(15)17)4-5-12(16)14-7-6-11-3-2-8-19-11/h2-3,8,10H,4-7,9H2,1H3,(H,14,16). The summed E-state index contributed by atoms with van der Waals surface area (Å²) in [5.41, 5.74) is 0. The number of carbonyl (C=O) groups excluding carboxylic acids is 2. The summed E-state index contributed by atoms with van der Waals surface area (Å²) in [6.45, 7) is 1.23. The van der Waals surface area contributed by atoms with Crippen molar-refractivity contribution in [1.82, 2.24) is 10.2 Å². The fraction of sp³-hybridized carbons (Fsp3) is 0.538. The van der Waals surface area contributed by atoms with E-state index in [2.05, 4.69) is 11.4 Å². The van der Waals surface area contributed by atoms with Gasteiger partial charge in [0.2, 0.25) is 5.91 Å². The Balaban J connectivity index is 1.58. The highest BCUT2D eigenvalue weighted by atomic mass is 32.1. The second kappa shape index (κ2) is 6.56. The van der Waals surface area contributed by atoms with Crippen LogP contribution in [-0.2, 0) is 16.0 Å². The lowest BCUT2D eigenvalue weighted by atomic mass is 10.2. The number of likely N-dealkylation sites (N-methyl/N-ethyl adjacent to an activating group) is 1. The predicted octanol–water partition coefficient (Wildman–Crippen LogP) is 1.64. The van der Waals surface area contributed by atoms with Crippen molar-refractivity contribution in [2.75, 3.05) is 20.1 Å². The molecule has 19 heavy (non-hydrogen) atoms. The first-order valence-electron chi connectivity index (χ1n) is 6.36. The Morgan fingerprint density at radius 1 is 1.63 bits per heavy atom. The van der Waals surface area contributed by atoms with E-state index < -0.39 is 0 Å². The predicted molar refractivity (Wildman–Crippen MR) is 73.2 cm³/mol. The lowest BCUT2D eigenvalue weighted by Gasteiger charge is -2.08. The summed E-state index contributed by atoms with van der Waals surface area (Å²) < 4.78 is 5.10. The van der Waals surface area contributed by atoms with Crippen molar-refractivity contribution >= 4 is 23.3 Å². The van der Waals surface area contributed by atoms with Gasteiger partial charge in [-0.05, 0) is 24.3 Å². The van der Waals surface area contributed by atoms with Crippen molar-refractivity contribution in [3.05, 3.63) is 22.4 Å². The third-order valence-corrected chi connectivity index (χ3v) is 3.96. The van der Waals surface area contributed by atoms with Crippen LogP contribution >= 0.6 is 11.3 Å². The average molecular weight is 282 g/mol. The molecule has 1 aromatic rings. The number of hydrogen-bond acceptors (Lipinski definition) is 4. The fourth-order valence-corrected chi connectivity index (χ4v) is 2.67. The molecule has 0 bridgehead atoms. The number of amides is 2. The zero-order valence-corrected chi connectivity index (χ0v) is 11.7. The Hall–Kier alpha value is -1.56. The Bertz CT molecular complexity index is 433. The van der Waals surface area contributed by atoms with Crippen LogP contribution in [0.25, 0.3) is 0 Å². The van der Waals surface area contributed by atoms with Gasteiger partial charge in [-0.15, -0.1) is 11.3 Å². The molecule has 104 valence electrons. The van der Waals surface area contributed by atoms with Crippen molar-refractivity contribution in [3.63, 3.8) is 0 Å². The lowest BCUT2D eigenvalue weighted by molar-refractivity contribution is -0.121. The molecule has 0 spiro atoms. The molecular formula is C13H18N2O3S. The number of cyclic esters (lactones) is 1. The summed E-state index contributed by atoms with van der Waals surface area (Å²) in [5, 5.41) is 4.91. The maximum Gasteiger partial charge on any atom is 0.409 e. The summed E-state index contributed by atoms with van der Waals surface area (Å²) in [7, 11) is 1.70. The van der Waals surface area contributed by atoms with Gasteiger partial charge in [0.15, 0.2) is 0 Å². The second-order valence-electron chi connectivity index (χ2n) is 4.60. The molecule has 2 rings (SSSR count). The molecule has 0 saturated carbocycles. The number of hydrogen-bond donors (Lipinski definition) is 1. The van der Waals surface area contributed by atoms with Crippen LogP contribution in [0.3, 0.4) is 0 Å². The Morgan fingerprint density at radius 2 is 2.47 bits per heavy atom. The Morgan fingerprint density at radius 3 is 3.11 bits per heavy atom. The van der Waals surface area contributed by atoms with E-state index in [1.165, 1.54) is 9.78 Å². The van der Waals surface area contributed by atoms with Crippen molar-refractivity contribution in [2.24, 2.45) is 0 Å². The highest BCUT2D eigenvalue weighted by Crippen LogP contribution is 2.13. The lowest BCUT2D eigenvalue weighted by Crippen LogP contribution is -2.27. The van der Waals surface area contributed by atoms with Gasteiger partial charge in [-0.3, -0.25) is 4.79 Å². The molecule has 5 nitrogen and oxygen atoms in total. The Kier molecular flexibility index (Phi) is 4.79. The van der Waals surface area contributed by atoms with Crippen LogP contribution in [0.15, 0.2) is 17.5 Å². The summed E-state index contributed by atoms with van der Waals surface area (Å²) in [6.07, 6.45) is 1.39. The van der Waals surface area contributed by atoms with Crippen LogP contribution < -0.4 is 5.32 Å². The minimum absolute atomic E-state index is 0.0159. The van der Waals surface area contributed by atoms with Gasteiger partial charge in [0.05, 0.1) is 6.54 Å². The highest BCUT2D eigenvalue weighted by Gasteiger charge is 2.28. The van der Waals surface area contributed by atoms with Crippen LogP contribution in [0.4, 0.5) is 4.79 Å². The molecule has 0 aromatic carbocycles. The molecule has 1 aliphatic rings. The van der Waals surface area contributed by atoms with Crippen molar-refractivity contribution in [3.8, 4) is 0 Å². The normalized spacial score (nSPS) is 18.5. The van der Waals surface area contributed by atoms with E-state index in [1.54, 1.807) is 18.4 Å². The molecule has 2 amide bonds. The van der Waals surface area contributed by atoms with Crippen molar-refractivity contribution < 1.29 is 14.3 Å². The van der Waals surface area contributed by atoms with E-state index in [-0.39, 0.29) is 18.1 Å². The fourth-order valence-electron chi connectivity index (χ4n) is 1.96. The topological polar surface area (TPSA) is 58.6 Å². The SMILES string of the molecule is CN1CC(CCC(=O)NCCc2cccs2)OC1=O. The van der Waals surface area contributed by atoms with Crippen LogP contribution in [0.1, 0.15) is 17.7 Å². The van der Waals surface area contributed by atoms with Gasteiger partial charge in [0.25, 0.3) is 0 Å². The zero-order chi connectivity index (χ0) is 13.7. The molecule has 1 aliphatic heterocycles. The third-order valence-electron chi connectivity index (χ3n) is 3.02. The quantitative estimate of drug-likeness (QED) is 0.863. The summed E-state index contributed by atoms with van der Waals surface area (Å²) in [5.74, 6) is 0.0159. The van der Waals surface area contributed by atoms with Gasteiger partial charge in [0.1, 0.15) is 6.10 Å². The number of thiophene rings is 1. The first-order chi connectivity index (χ1) is 9.15. The molecule has 0 radical (unpaired) electrons. The second-order valence-corrected chi connectivity index (χ2v) is 5.64. The molecule has 6 heteroatoms. The van der Waals surface area contributed by atoms with E-state index in [1.807, 2.05) is 11.4 Å². The Labute approximate surface area is 116 Å². The van der Waals surface area contributed by atoms with Crippen molar-refractivity contribution in [2.45, 2.75) is 25.4 Å².